The summed E-state index contributed by atoms with van der Waals surface area (Å²) in [5.74, 6) is 1.15. The van der Waals surface area contributed by atoms with Gasteiger partial charge in [-0.3, -0.25) is 4.79 Å². The molecule has 0 saturated heterocycles. The Balaban J connectivity index is 0.00000363. The van der Waals surface area contributed by atoms with Gasteiger partial charge in [0.25, 0.3) is 5.91 Å². The molecule has 0 bridgehead atoms. The molecule has 8 heteroatoms. The van der Waals surface area contributed by atoms with Gasteiger partial charge in [-0.2, -0.15) is 0 Å². The maximum absolute atomic E-state index is 13.4. The van der Waals surface area contributed by atoms with Gasteiger partial charge in [-0.15, -0.1) is 24.0 Å². The Morgan fingerprint density at radius 3 is 2.50 bits per heavy atom. The first kappa shape index (κ1) is 25.9. The van der Waals surface area contributed by atoms with E-state index in [9.17, 15) is 9.18 Å². The second-order valence-electron chi connectivity index (χ2n) is 7.73. The van der Waals surface area contributed by atoms with Gasteiger partial charge in [0.15, 0.2) is 12.6 Å². The van der Waals surface area contributed by atoms with Crippen LogP contribution in [0.2, 0.25) is 0 Å². The van der Waals surface area contributed by atoms with Crippen LogP contribution in [0.1, 0.15) is 36.5 Å². The molecule has 1 aliphatic rings. The minimum absolute atomic E-state index is 0. The van der Waals surface area contributed by atoms with Crippen molar-refractivity contribution in [2.75, 3.05) is 19.7 Å². The second kappa shape index (κ2) is 13.2. The van der Waals surface area contributed by atoms with Gasteiger partial charge >= 0.3 is 0 Å². The van der Waals surface area contributed by atoms with E-state index in [0.717, 1.165) is 49.4 Å². The maximum Gasteiger partial charge on any atom is 0.258 e. The fraction of sp³-hybridized carbons (Fsp3) is 0.417. The van der Waals surface area contributed by atoms with E-state index in [2.05, 4.69) is 20.9 Å². The topological polar surface area (TPSA) is 74.8 Å². The minimum atomic E-state index is -0.198. The van der Waals surface area contributed by atoms with Crippen molar-refractivity contribution in [1.29, 1.82) is 0 Å². The molecule has 0 aromatic heterocycles. The van der Waals surface area contributed by atoms with E-state index in [4.69, 9.17) is 4.74 Å². The summed E-state index contributed by atoms with van der Waals surface area (Å²) >= 11 is 0. The highest BCUT2D eigenvalue weighted by Gasteiger charge is 2.23. The molecule has 0 radical (unpaired) electrons. The van der Waals surface area contributed by atoms with Crippen LogP contribution >= 0.6 is 24.0 Å². The zero-order valence-corrected chi connectivity index (χ0v) is 20.9. The largest absolute Gasteiger partial charge is 0.484 e. The van der Waals surface area contributed by atoms with Crippen LogP contribution in [0.15, 0.2) is 47.5 Å². The number of ether oxygens (including phenoxy) is 1. The number of hydrogen-bond donors (Lipinski definition) is 3. The number of carbonyl (C=O) groups is 1. The number of amides is 1. The molecule has 6 nitrogen and oxygen atoms in total. The van der Waals surface area contributed by atoms with Gasteiger partial charge in [0.1, 0.15) is 11.6 Å². The molecular formula is C24H32FIN4O2. The summed E-state index contributed by atoms with van der Waals surface area (Å²) in [5.41, 5.74) is 2.76. The standard InChI is InChI=1S/C24H31FN4O2.HI/c1-3-26-24(28-15-19-6-11-22(25)17(2)14-19)27-13-12-18-4-9-21(10-5-18)31-16-23(30)29-20-7-8-20;/h4-6,9-11,14,20H,3,7-8,12-13,15-16H2,1-2H3,(H,29,30)(H2,26,27,28);1H. The highest BCUT2D eigenvalue weighted by molar-refractivity contribution is 14.0. The third-order valence-corrected chi connectivity index (χ3v) is 4.93. The minimum Gasteiger partial charge on any atom is -0.484 e. The van der Waals surface area contributed by atoms with Crippen molar-refractivity contribution in [3.05, 3.63) is 65.0 Å². The quantitative estimate of drug-likeness (QED) is 0.238. The number of hydrogen-bond acceptors (Lipinski definition) is 3. The lowest BCUT2D eigenvalue weighted by Gasteiger charge is -2.12. The molecule has 32 heavy (non-hydrogen) atoms. The number of nitrogens with zero attached hydrogens (tertiary/aromatic N) is 1. The zero-order valence-electron chi connectivity index (χ0n) is 18.6. The first-order valence-corrected chi connectivity index (χ1v) is 10.8. The predicted molar refractivity (Wildman–Crippen MR) is 136 cm³/mol. The van der Waals surface area contributed by atoms with E-state index in [0.29, 0.717) is 23.9 Å². The van der Waals surface area contributed by atoms with Crippen molar-refractivity contribution < 1.29 is 13.9 Å². The first-order valence-electron chi connectivity index (χ1n) is 10.8. The molecule has 0 aliphatic heterocycles. The fourth-order valence-corrected chi connectivity index (χ4v) is 3.04. The fourth-order valence-electron chi connectivity index (χ4n) is 3.04. The smallest absolute Gasteiger partial charge is 0.258 e. The number of benzene rings is 2. The Kier molecular flexibility index (Phi) is 10.7. The normalized spacial score (nSPS) is 13.2. The molecule has 1 amide bonds. The monoisotopic (exact) mass is 554 g/mol. The Labute approximate surface area is 206 Å². The lowest BCUT2D eigenvalue weighted by molar-refractivity contribution is -0.123. The molecule has 0 atom stereocenters. The van der Waals surface area contributed by atoms with E-state index >= 15 is 0 Å². The van der Waals surface area contributed by atoms with E-state index in [1.54, 1.807) is 13.0 Å². The first-order chi connectivity index (χ1) is 15.0. The average molecular weight is 554 g/mol. The summed E-state index contributed by atoms with van der Waals surface area (Å²) in [6.07, 6.45) is 2.96. The number of guanidine groups is 1. The van der Waals surface area contributed by atoms with Crippen LogP contribution in [-0.4, -0.2) is 37.6 Å². The van der Waals surface area contributed by atoms with Crippen LogP contribution in [0, 0.1) is 12.7 Å². The molecule has 1 aliphatic carbocycles. The molecule has 0 spiro atoms. The number of carbonyl (C=O) groups excluding carboxylic acids is 1. The second-order valence-corrected chi connectivity index (χ2v) is 7.73. The van der Waals surface area contributed by atoms with Gasteiger partial charge in [-0.25, -0.2) is 9.38 Å². The molecule has 2 aromatic carbocycles. The third-order valence-electron chi connectivity index (χ3n) is 4.93. The van der Waals surface area contributed by atoms with Crippen LogP contribution in [0.4, 0.5) is 4.39 Å². The predicted octanol–water partition coefficient (Wildman–Crippen LogP) is 3.71. The van der Waals surface area contributed by atoms with Crippen molar-refractivity contribution in [1.82, 2.24) is 16.0 Å². The molecular weight excluding hydrogens is 522 g/mol. The van der Waals surface area contributed by atoms with E-state index in [1.807, 2.05) is 37.3 Å². The summed E-state index contributed by atoms with van der Waals surface area (Å²) in [7, 11) is 0. The molecule has 1 fully saturated rings. The summed E-state index contributed by atoms with van der Waals surface area (Å²) in [4.78, 5) is 16.3. The van der Waals surface area contributed by atoms with Crippen LogP contribution in [0.3, 0.4) is 0 Å². The van der Waals surface area contributed by atoms with Crippen LogP contribution in [-0.2, 0) is 17.8 Å². The Bertz CT molecular complexity index is 901. The van der Waals surface area contributed by atoms with E-state index in [1.165, 1.54) is 6.07 Å². The number of aliphatic imine (C=N–C) groups is 1. The summed E-state index contributed by atoms with van der Waals surface area (Å²) < 4.78 is 18.9. The van der Waals surface area contributed by atoms with E-state index in [-0.39, 0.29) is 42.3 Å². The Hall–Kier alpha value is -2.36. The van der Waals surface area contributed by atoms with Crippen molar-refractivity contribution in [2.45, 2.75) is 45.7 Å². The number of aryl methyl sites for hydroxylation is 1. The van der Waals surface area contributed by atoms with Crippen molar-refractivity contribution in [3.63, 3.8) is 0 Å². The van der Waals surface area contributed by atoms with Gasteiger partial charge in [-0.1, -0.05) is 24.3 Å². The molecule has 1 saturated carbocycles. The molecule has 2 aromatic rings. The van der Waals surface area contributed by atoms with Gasteiger partial charge in [0.2, 0.25) is 0 Å². The molecule has 3 N–H and O–H groups in total. The highest BCUT2D eigenvalue weighted by atomic mass is 127. The van der Waals surface area contributed by atoms with Gasteiger partial charge in [0, 0.05) is 19.1 Å². The zero-order chi connectivity index (χ0) is 22.1. The number of halogens is 2. The third kappa shape index (κ3) is 9.02. The lowest BCUT2D eigenvalue weighted by Crippen LogP contribution is -2.38. The van der Waals surface area contributed by atoms with Crippen molar-refractivity contribution >= 4 is 35.8 Å². The lowest BCUT2D eigenvalue weighted by atomic mass is 10.1. The number of nitrogens with one attached hydrogen (secondary N) is 3. The van der Waals surface area contributed by atoms with Crippen LogP contribution in [0.25, 0.3) is 0 Å². The molecule has 0 unspecified atom stereocenters. The van der Waals surface area contributed by atoms with E-state index < -0.39 is 0 Å². The molecule has 3 rings (SSSR count). The van der Waals surface area contributed by atoms with Crippen molar-refractivity contribution in [3.8, 4) is 5.75 Å². The summed E-state index contributed by atoms with van der Waals surface area (Å²) in [5, 5.41) is 9.46. The van der Waals surface area contributed by atoms with Gasteiger partial charge < -0.3 is 20.7 Å². The average Bonchev–Trinajstić information content (AvgIpc) is 3.58. The SMILES string of the molecule is CCNC(=NCc1ccc(F)c(C)c1)NCCc1ccc(OCC(=O)NC2CC2)cc1.I. The van der Waals surface area contributed by atoms with Gasteiger partial charge in [0.05, 0.1) is 6.54 Å². The van der Waals surface area contributed by atoms with Crippen LogP contribution in [0.5, 0.6) is 5.75 Å². The molecule has 0 heterocycles. The Morgan fingerprint density at radius 1 is 1.12 bits per heavy atom. The highest BCUT2D eigenvalue weighted by Crippen LogP contribution is 2.18. The number of rotatable bonds is 10. The van der Waals surface area contributed by atoms with Crippen molar-refractivity contribution in [2.24, 2.45) is 4.99 Å². The van der Waals surface area contributed by atoms with Crippen LogP contribution < -0.4 is 20.7 Å². The maximum atomic E-state index is 13.4. The van der Waals surface area contributed by atoms with Gasteiger partial charge in [-0.05, 0) is 68.0 Å². The summed E-state index contributed by atoms with van der Waals surface area (Å²) in [6, 6.07) is 13.2. The molecule has 174 valence electrons. The Morgan fingerprint density at radius 2 is 1.84 bits per heavy atom. The summed E-state index contributed by atoms with van der Waals surface area (Å²) in [6.45, 7) is 5.78.